The van der Waals surface area contributed by atoms with Crippen molar-refractivity contribution in [2.45, 2.75) is 19.9 Å². The highest BCUT2D eigenvalue weighted by Gasteiger charge is 2.13. The van der Waals surface area contributed by atoms with Crippen LogP contribution in [0.15, 0.2) is 12.4 Å². The summed E-state index contributed by atoms with van der Waals surface area (Å²) in [6.07, 6.45) is 1.43. The number of carbonyl (C=O) groups is 1. The van der Waals surface area contributed by atoms with Crippen molar-refractivity contribution in [1.29, 1.82) is 0 Å². The van der Waals surface area contributed by atoms with Gasteiger partial charge in [0.15, 0.2) is 0 Å². The predicted octanol–water partition coefficient (Wildman–Crippen LogP) is -0.0209. The van der Waals surface area contributed by atoms with E-state index in [4.69, 9.17) is 0 Å². The van der Waals surface area contributed by atoms with Gasteiger partial charge in [-0.3, -0.25) is 4.79 Å². The van der Waals surface area contributed by atoms with Crippen LogP contribution >= 0.6 is 0 Å². The lowest BCUT2D eigenvalue weighted by atomic mass is 10.3. The van der Waals surface area contributed by atoms with Crippen LogP contribution in [0.3, 0.4) is 0 Å². The molecule has 7 heteroatoms. The van der Waals surface area contributed by atoms with Crippen LogP contribution in [0.1, 0.15) is 12.6 Å². The van der Waals surface area contributed by atoms with E-state index in [9.17, 15) is 4.79 Å². The van der Waals surface area contributed by atoms with Gasteiger partial charge in [-0.1, -0.05) is 0 Å². The van der Waals surface area contributed by atoms with Gasteiger partial charge in [-0.05, 0) is 13.8 Å². The van der Waals surface area contributed by atoms with Crippen molar-refractivity contribution in [1.82, 2.24) is 24.9 Å². The average Bonchev–Trinajstić information content (AvgIpc) is 2.75. The summed E-state index contributed by atoms with van der Waals surface area (Å²) in [7, 11) is 1.60. The molecule has 0 aliphatic heterocycles. The molecule has 0 spiro atoms. The fourth-order valence-corrected chi connectivity index (χ4v) is 1.54. The predicted molar refractivity (Wildman–Crippen MR) is 62.7 cm³/mol. The fourth-order valence-electron chi connectivity index (χ4n) is 1.54. The Morgan fingerprint density at radius 3 is 3.00 bits per heavy atom. The van der Waals surface area contributed by atoms with Gasteiger partial charge in [0.25, 0.3) is 5.78 Å². The number of nitrogens with one attached hydrogen (secondary N) is 2. The van der Waals surface area contributed by atoms with E-state index >= 15 is 0 Å². The molecule has 2 heterocycles. The van der Waals surface area contributed by atoms with Gasteiger partial charge in [-0.25, -0.2) is 4.98 Å². The quantitative estimate of drug-likeness (QED) is 0.779. The van der Waals surface area contributed by atoms with Gasteiger partial charge in [-0.2, -0.15) is 14.6 Å². The summed E-state index contributed by atoms with van der Waals surface area (Å²) in [4.78, 5) is 19.7. The average molecular weight is 234 g/mol. The Balaban J connectivity index is 2.34. The number of amides is 1. The van der Waals surface area contributed by atoms with Gasteiger partial charge < -0.3 is 10.6 Å². The van der Waals surface area contributed by atoms with Gasteiger partial charge in [-0.15, -0.1) is 0 Å². The molecule has 0 radical (unpaired) electrons. The molecule has 2 aromatic rings. The standard InChI is InChI=1S/C10H14N6O/c1-6-4-8(15-7(2)9(17)11-3)16-10(14-6)12-5-13-16/h4-5,7,15H,1-3H3,(H,11,17). The number of nitrogens with zero attached hydrogens (tertiary/aromatic N) is 4. The van der Waals surface area contributed by atoms with E-state index in [1.165, 1.54) is 6.33 Å². The zero-order chi connectivity index (χ0) is 12.4. The first-order valence-electron chi connectivity index (χ1n) is 5.27. The minimum absolute atomic E-state index is 0.0901. The molecule has 2 rings (SSSR count). The highest BCUT2D eigenvalue weighted by Crippen LogP contribution is 2.11. The molecule has 0 saturated heterocycles. The molecule has 2 aromatic heterocycles. The van der Waals surface area contributed by atoms with E-state index in [2.05, 4.69) is 25.7 Å². The Bertz CT molecular complexity index is 549. The van der Waals surface area contributed by atoms with E-state index in [1.807, 2.05) is 13.0 Å². The fraction of sp³-hybridized carbons (Fsp3) is 0.400. The number of likely N-dealkylation sites (N-methyl/N-ethyl adjacent to an activating group) is 1. The van der Waals surface area contributed by atoms with Gasteiger partial charge in [0.05, 0.1) is 0 Å². The third-order valence-electron chi connectivity index (χ3n) is 2.38. The number of rotatable bonds is 3. The number of fused-ring (bicyclic) bond motifs is 1. The summed E-state index contributed by atoms with van der Waals surface area (Å²) in [6, 6.07) is 1.47. The number of hydrogen-bond acceptors (Lipinski definition) is 5. The smallest absolute Gasteiger partial charge is 0.254 e. The highest BCUT2D eigenvalue weighted by atomic mass is 16.2. The van der Waals surface area contributed by atoms with E-state index < -0.39 is 0 Å². The van der Waals surface area contributed by atoms with Crippen LogP contribution in [0, 0.1) is 6.92 Å². The normalized spacial score (nSPS) is 12.4. The first-order valence-corrected chi connectivity index (χ1v) is 5.27. The molecular formula is C10H14N6O. The molecule has 17 heavy (non-hydrogen) atoms. The Hall–Kier alpha value is -2.18. The van der Waals surface area contributed by atoms with Gasteiger partial charge in [0, 0.05) is 18.8 Å². The molecular weight excluding hydrogens is 220 g/mol. The molecule has 2 N–H and O–H groups in total. The van der Waals surface area contributed by atoms with Crippen LogP contribution in [-0.4, -0.2) is 38.6 Å². The number of anilines is 1. The molecule has 1 amide bonds. The van der Waals surface area contributed by atoms with Crippen molar-refractivity contribution in [3.63, 3.8) is 0 Å². The largest absolute Gasteiger partial charge is 0.358 e. The molecule has 1 unspecified atom stereocenters. The summed E-state index contributed by atoms with van der Waals surface area (Å²) >= 11 is 0. The second-order valence-corrected chi connectivity index (χ2v) is 3.73. The number of carbonyl (C=O) groups excluding carboxylic acids is 1. The molecule has 0 bridgehead atoms. The Morgan fingerprint density at radius 2 is 2.29 bits per heavy atom. The Morgan fingerprint density at radius 1 is 1.53 bits per heavy atom. The number of aryl methyl sites for hydroxylation is 1. The molecule has 90 valence electrons. The maximum Gasteiger partial charge on any atom is 0.254 e. The second-order valence-electron chi connectivity index (χ2n) is 3.73. The maximum atomic E-state index is 11.4. The molecule has 7 nitrogen and oxygen atoms in total. The molecule has 1 atom stereocenters. The molecule has 0 aromatic carbocycles. The third-order valence-corrected chi connectivity index (χ3v) is 2.38. The lowest BCUT2D eigenvalue weighted by Gasteiger charge is -2.14. The first kappa shape index (κ1) is 11.3. The molecule has 0 aliphatic rings. The van der Waals surface area contributed by atoms with Gasteiger partial charge in [0.2, 0.25) is 5.91 Å². The Labute approximate surface area is 98.3 Å². The number of aromatic nitrogens is 4. The van der Waals surface area contributed by atoms with Crippen molar-refractivity contribution < 1.29 is 4.79 Å². The SMILES string of the molecule is CNC(=O)C(C)Nc1cc(C)nc2ncnn12. The topological polar surface area (TPSA) is 84.2 Å². The minimum Gasteiger partial charge on any atom is -0.358 e. The zero-order valence-corrected chi connectivity index (χ0v) is 9.93. The van der Waals surface area contributed by atoms with Gasteiger partial charge >= 0.3 is 0 Å². The summed E-state index contributed by atoms with van der Waals surface area (Å²) in [5.74, 6) is 1.12. The monoisotopic (exact) mass is 234 g/mol. The van der Waals surface area contributed by atoms with Crippen LogP contribution in [-0.2, 0) is 4.79 Å². The Kier molecular flexibility index (Phi) is 2.90. The van der Waals surface area contributed by atoms with Crippen LogP contribution in [0.2, 0.25) is 0 Å². The maximum absolute atomic E-state index is 11.4. The van der Waals surface area contributed by atoms with Crippen LogP contribution in [0.4, 0.5) is 5.82 Å². The van der Waals surface area contributed by atoms with E-state index in [-0.39, 0.29) is 11.9 Å². The second kappa shape index (κ2) is 4.36. The molecule has 0 fully saturated rings. The summed E-state index contributed by atoms with van der Waals surface area (Å²) in [6.45, 7) is 3.64. The highest BCUT2D eigenvalue weighted by molar-refractivity contribution is 5.83. The first-order chi connectivity index (χ1) is 8.11. The van der Waals surface area contributed by atoms with E-state index in [0.717, 1.165) is 5.69 Å². The lowest BCUT2D eigenvalue weighted by Crippen LogP contribution is -2.35. The number of hydrogen-bond donors (Lipinski definition) is 2. The van der Waals surface area contributed by atoms with Crippen molar-refractivity contribution in [3.8, 4) is 0 Å². The minimum atomic E-state index is -0.353. The van der Waals surface area contributed by atoms with Gasteiger partial charge in [0.1, 0.15) is 18.2 Å². The van der Waals surface area contributed by atoms with Crippen molar-refractivity contribution in [3.05, 3.63) is 18.1 Å². The molecule has 0 aliphatic carbocycles. The van der Waals surface area contributed by atoms with Crippen molar-refractivity contribution >= 4 is 17.5 Å². The van der Waals surface area contributed by atoms with Crippen LogP contribution in [0.5, 0.6) is 0 Å². The third kappa shape index (κ3) is 2.17. The summed E-state index contributed by atoms with van der Waals surface area (Å²) in [5, 5.41) is 9.70. The van der Waals surface area contributed by atoms with E-state index in [0.29, 0.717) is 11.6 Å². The van der Waals surface area contributed by atoms with Crippen LogP contribution < -0.4 is 10.6 Å². The summed E-state index contributed by atoms with van der Waals surface area (Å²) in [5.41, 5.74) is 0.817. The van der Waals surface area contributed by atoms with E-state index in [1.54, 1.807) is 18.5 Å². The zero-order valence-electron chi connectivity index (χ0n) is 9.93. The van der Waals surface area contributed by atoms with Crippen LogP contribution in [0.25, 0.3) is 5.78 Å². The summed E-state index contributed by atoms with van der Waals surface area (Å²) < 4.78 is 1.56. The molecule has 0 saturated carbocycles. The lowest BCUT2D eigenvalue weighted by molar-refractivity contribution is -0.121. The van der Waals surface area contributed by atoms with Crippen molar-refractivity contribution in [2.24, 2.45) is 0 Å². The van der Waals surface area contributed by atoms with Crippen molar-refractivity contribution in [2.75, 3.05) is 12.4 Å².